The largest absolute Gasteiger partial charge is 0.326 e. The van der Waals surface area contributed by atoms with E-state index in [1.165, 1.54) is 24.3 Å². The van der Waals surface area contributed by atoms with Crippen molar-refractivity contribution in [2.75, 3.05) is 23.7 Å². The Hall–Kier alpha value is -2.97. The van der Waals surface area contributed by atoms with Crippen molar-refractivity contribution in [3.63, 3.8) is 0 Å². The first-order valence-electron chi connectivity index (χ1n) is 8.90. The summed E-state index contributed by atoms with van der Waals surface area (Å²) in [4.78, 5) is 17.0. The van der Waals surface area contributed by atoms with Crippen LogP contribution in [0.5, 0.6) is 0 Å². The molecule has 2 amide bonds. The molecule has 1 aliphatic heterocycles. The highest BCUT2D eigenvalue weighted by Gasteiger charge is 2.24. The molecule has 2 aromatic carbocycles. The van der Waals surface area contributed by atoms with Crippen molar-refractivity contribution in [3.05, 3.63) is 54.3 Å². The highest BCUT2D eigenvalue weighted by molar-refractivity contribution is 5.99. The second-order valence-corrected chi connectivity index (χ2v) is 6.65. The van der Waals surface area contributed by atoms with E-state index in [0.717, 1.165) is 37.0 Å². The fourth-order valence-corrected chi connectivity index (χ4v) is 3.44. The number of rotatable bonds is 3. The fraction of sp³-hybridized carbons (Fsp3) is 0.263. The fourth-order valence-electron chi connectivity index (χ4n) is 3.44. The minimum Gasteiger partial charge on any atom is -0.308 e. The van der Waals surface area contributed by atoms with Gasteiger partial charge in [-0.15, -0.1) is 0 Å². The molecule has 8 heteroatoms. The molecule has 0 saturated carbocycles. The molecule has 140 valence electrons. The maximum atomic E-state index is 13.0. The molecule has 4 rings (SSSR count). The van der Waals surface area contributed by atoms with Crippen LogP contribution in [0, 0.1) is 5.82 Å². The summed E-state index contributed by atoms with van der Waals surface area (Å²) in [5, 5.41) is 7.35. The topological polar surface area (TPSA) is 88.2 Å². The number of imidazole rings is 1. The predicted molar refractivity (Wildman–Crippen MR) is 103 cm³/mol. The number of halogens is 1. The molecule has 1 aliphatic rings. The number of fused-ring (bicyclic) bond motifs is 1. The van der Waals surface area contributed by atoms with E-state index in [4.69, 9.17) is 5.84 Å². The molecule has 1 aromatic heterocycles. The van der Waals surface area contributed by atoms with Gasteiger partial charge in [0, 0.05) is 24.8 Å². The number of nitrogens with zero attached hydrogens (tertiary/aromatic N) is 3. The summed E-state index contributed by atoms with van der Waals surface area (Å²) in [6.07, 6.45) is 1.76. The van der Waals surface area contributed by atoms with Gasteiger partial charge in [-0.05, 0) is 49.2 Å². The van der Waals surface area contributed by atoms with E-state index in [-0.39, 0.29) is 11.9 Å². The predicted octanol–water partition coefficient (Wildman–Crippen LogP) is 3.33. The lowest BCUT2D eigenvalue weighted by molar-refractivity contribution is 0.193. The third kappa shape index (κ3) is 3.76. The monoisotopic (exact) mass is 368 g/mol. The van der Waals surface area contributed by atoms with Gasteiger partial charge in [0.2, 0.25) is 5.95 Å². The Morgan fingerprint density at radius 1 is 1.07 bits per heavy atom. The van der Waals surface area contributed by atoms with Crippen molar-refractivity contribution in [1.29, 1.82) is 0 Å². The molecular formula is C19H21FN6O. The zero-order valence-corrected chi connectivity index (χ0v) is 14.7. The second kappa shape index (κ2) is 7.34. The number of carbonyl (C=O) groups excluding carboxylic acids is 1. The van der Waals surface area contributed by atoms with E-state index >= 15 is 0 Å². The molecule has 4 N–H and O–H groups in total. The highest BCUT2D eigenvalue weighted by atomic mass is 19.1. The molecule has 7 nitrogen and oxygen atoms in total. The first kappa shape index (κ1) is 17.4. The second-order valence-electron chi connectivity index (χ2n) is 6.65. The number of para-hydroxylation sites is 2. The van der Waals surface area contributed by atoms with E-state index in [9.17, 15) is 9.18 Å². The van der Waals surface area contributed by atoms with Gasteiger partial charge in [-0.2, -0.15) is 0 Å². The quantitative estimate of drug-likeness (QED) is 0.619. The molecule has 3 aromatic rings. The molecule has 0 bridgehead atoms. The Kier molecular flexibility index (Phi) is 4.74. The summed E-state index contributed by atoms with van der Waals surface area (Å²) < 4.78 is 15.1. The number of carbonyl (C=O) groups is 1. The van der Waals surface area contributed by atoms with Crippen molar-refractivity contribution < 1.29 is 9.18 Å². The van der Waals surface area contributed by atoms with E-state index < -0.39 is 6.03 Å². The van der Waals surface area contributed by atoms with Gasteiger partial charge in [0.05, 0.1) is 11.0 Å². The number of anilines is 2. The Morgan fingerprint density at radius 2 is 1.78 bits per heavy atom. The van der Waals surface area contributed by atoms with Crippen LogP contribution in [0.1, 0.15) is 18.9 Å². The third-order valence-corrected chi connectivity index (χ3v) is 4.79. The Balaban J connectivity index is 1.59. The van der Waals surface area contributed by atoms with Gasteiger partial charge in [-0.3, -0.25) is 11.2 Å². The molecule has 0 spiro atoms. The lowest BCUT2D eigenvalue weighted by atomic mass is 10.1. The van der Waals surface area contributed by atoms with Crippen LogP contribution in [-0.2, 0) is 0 Å². The molecule has 0 radical (unpaired) electrons. The van der Waals surface area contributed by atoms with Gasteiger partial charge in [-0.1, -0.05) is 12.1 Å². The molecule has 2 heterocycles. The molecule has 0 atom stereocenters. The molecule has 0 unspecified atom stereocenters. The number of hydrogen-bond donors (Lipinski definition) is 3. The lowest BCUT2D eigenvalue weighted by Gasteiger charge is -2.30. The van der Waals surface area contributed by atoms with E-state index in [1.807, 2.05) is 29.3 Å². The van der Waals surface area contributed by atoms with Gasteiger partial charge in [0.1, 0.15) is 5.82 Å². The van der Waals surface area contributed by atoms with Crippen molar-refractivity contribution in [3.8, 4) is 0 Å². The maximum Gasteiger partial charge on any atom is 0.326 e. The summed E-state index contributed by atoms with van der Waals surface area (Å²) in [6.45, 7) is 1.58. The smallest absolute Gasteiger partial charge is 0.308 e. The Labute approximate surface area is 155 Å². The van der Waals surface area contributed by atoms with E-state index in [2.05, 4.69) is 20.2 Å². The third-order valence-electron chi connectivity index (χ3n) is 4.79. The standard InChI is InChI=1S/C19H21FN6O/c20-13-5-7-14(8-6-13)22-19(27)24-18-23-16-3-1-2-4-17(16)26(18)15-9-11-25(21)12-10-15/h1-8,15H,9-12,21H2,(H2,22,23,24,27). The summed E-state index contributed by atoms with van der Waals surface area (Å²) in [5.41, 5.74) is 2.31. The number of aromatic nitrogens is 2. The van der Waals surface area contributed by atoms with Crippen LogP contribution in [0.3, 0.4) is 0 Å². The minimum atomic E-state index is -0.422. The molecular weight excluding hydrogens is 347 g/mol. The minimum absolute atomic E-state index is 0.207. The Morgan fingerprint density at radius 3 is 2.52 bits per heavy atom. The average Bonchev–Trinajstić information content (AvgIpc) is 3.02. The van der Waals surface area contributed by atoms with Gasteiger partial charge in [-0.25, -0.2) is 19.2 Å². The lowest BCUT2D eigenvalue weighted by Crippen LogP contribution is -2.39. The van der Waals surface area contributed by atoms with Gasteiger partial charge >= 0.3 is 6.03 Å². The zero-order chi connectivity index (χ0) is 18.8. The average molecular weight is 368 g/mol. The highest BCUT2D eigenvalue weighted by Crippen LogP contribution is 2.30. The van der Waals surface area contributed by atoms with Gasteiger partial charge in [0.25, 0.3) is 0 Å². The summed E-state index contributed by atoms with van der Waals surface area (Å²) in [6, 6.07) is 13.2. The normalized spacial score (nSPS) is 15.8. The zero-order valence-electron chi connectivity index (χ0n) is 14.7. The van der Waals surface area contributed by atoms with E-state index in [1.54, 1.807) is 0 Å². The summed E-state index contributed by atoms with van der Waals surface area (Å²) in [5.74, 6) is 6.02. The van der Waals surface area contributed by atoms with E-state index in [0.29, 0.717) is 11.6 Å². The molecule has 0 aliphatic carbocycles. The van der Waals surface area contributed by atoms with Crippen LogP contribution in [-0.4, -0.2) is 33.7 Å². The first-order valence-corrected chi connectivity index (χ1v) is 8.90. The number of nitrogens with one attached hydrogen (secondary N) is 2. The summed E-state index contributed by atoms with van der Waals surface area (Å²) >= 11 is 0. The molecule has 1 saturated heterocycles. The van der Waals surface area contributed by atoms with Crippen molar-refractivity contribution >= 4 is 28.7 Å². The number of urea groups is 1. The van der Waals surface area contributed by atoms with Crippen molar-refractivity contribution in [2.24, 2.45) is 5.84 Å². The molecule has 1 fully saturated rings. The van der Waals surface area contributed by atoms with Crippen molar-refractivity contribution in [1.82, 2.24) is 14.6 Å². The number of piperidine rings is 1. The van der Waals surface area contributed by atoms with Crippen LogP contribution in [0.2, 0.25) is 0 Å². The molecule has 27 heavy (non-hydrogen) atoms. The summed E-state index contributed by atoms with van der Waals surface area (Å²) in [7, 11) is 0. The number of hydrazine groups is 1. The number of hydrogen-bond acceptors (Lipinski definition) is 4. The number of nitrogens with two attached hydrogens (primary N) is 1. The number of amides is 2. The van der Waals surface area contributed by atoms with Crippen molar-refractivity contribution in [2.45, 2.75) is 18.9 Å². The van der Waals surface area contributed by atoms with Crippen LogP contribution in [0.15, 0.2) is 48.5 Å². The number of benzene rings is 2. The van der Waals surface area contributed by atoms with Crippen LogP contribution in [0.25, 0.3) is 11.0 Å². The van der Waals surface area contributed by atoms with Crippen LogP contribution < -0.4 is 16.5 Å². The van der Waals surface area contributed by atoms with Gasteiger partial charge in [0.15, 0.2) is 0 Å². The first-order chi connectivity index (χ1) is 13.1. The van der Waals surface area contributed by atoms with Crippen LogP contribution >= 0.6 is 0 Å². The SMILES string of the molecule is NN1CCC(n2c(NC(=O)Nc3ccc(F)cc3)nc3ccccc32)CC1. The van der Waals surface area contributed by atoms with Crippen LogP contribution in [0.4, 0.5) is 20.8 Å². The maximum absolute atomic E-state index is 13.0. The van der Waals surface area contributed by atoms with Gasteiger partial charge < -0.3 is 9.88 Å². The Bertz CT molecular complexity index is 946.